The van der Waals surface area contributed by atoms with Gasteiger partial charge in [0.1, 0.15) is 0 Å². The van der Waals surface area contributed by atoms with Crippen molar-refractivity contribution in [2.24, 2.45) is 0 Å². The second-order valence-corrected chi connectivity index (χ2v) is 11.4. The number of aromatic nitrogens is 1. The minimum Gasteiger partial charge on any atom is -0.478 e. The third-order valence-corrected chi connectivity index (χ3v) is 8.45. The van der Waals surface area contributed by atoms with Gasteiger partial charge >= 0.3 is 5.97 Å². The Morgan fingerprint density at radius 3 is 2.27 bits per heavy atom. The molecule has 1 atom stereocenters. The molecule has 5 nitrogen and oxygen atoms in total. The Morgan fingerprint density at radius 2 is 1.60 bits per heavy atom. The summed E-state index contributed by atoms with van der Waals surface area (Å²) in [5.41, 5.74) is 9.66. The molecule has 1 heterocycles. The molecule has 0 fully saturated rings. The molecule has 0 aliphatic heterocycles. The summed E-state index contributed by atoms with van der Waals surface area (Å²) in [4.78, 5) is 12.5. The molecule has 1 aromatic heterocycles. The zero-order valence-electron chi connectivity index (χ0n) is 22.9. The van der Waals surface area contributed by atoms with Crippen LogP contribution in [-0.2, 0) is 23.9 Å². The van der Waals surface area contributed by atoms with Crippen molar-refractivity contribution < 1.29 is 14.1 Å². The molecular formula is C34H32N2O3S. The van der Waals surface area contributed by atoms with Gasteiger partial charge in [0.2, 0.25) is 0 Å². The molecule has 5 rings (SSSR count). The first-order valence-electron chi connectivity index (χ1n) is 13.1. The lowest BCUT2D eigenvalue weighted by atomic mass is 9.99. The van der Waals surface area contributed by atoms with Crippen LogP contribution >= 0.6 is 0 Å². The summed E-state index contributed by atoms with van der Waals surface area (Å²) in [5, 5.41) is 14.2. The summed E-state index contributed by atoms with van der Waals surface area (Å²) in [6.07, 6.45) is 1.68. The number of carbonyl (C=O) groups is 1. The Bertz CT molecular complexity index is 1750. The smallest absolute Gasteiger partial charge is 0.336 e. The molecule has 0 radical (unpaired) electrons. The van der Waals surface area contributed by atoms with Gasteiger partial charge in [-0.15, -0.1) is 0 Å². The molecule has 4 aromatic carbocycles. The van der Waals surface area contributed by atoms with Gasteiger partial charge in [-0.25, -0.2) is 4.79 Å². The van der Waals surface area contributed by atoms with Crippen molar-refractivity contribution in [2.45, 2.75) is 31.8 Å². The number of hydrogen-bond donors (Lipinski definition) is 2. The zero-order chi connectivity index (χ0) is 28.4. The maximum Gasteiger partial charge on any atom is 0.336 e. The molecule has 0 amide bonds. The topological polar surface area (TPSA) is 71.3 Å². The fourth-order valence-electron chi connectivity index (χ4n) is 5.04. The maximum absolute atomic E-state index is 11.6. The Hall–Kier alpha value is -4.42. The van der Waals surface area contributed by atoms with E-state index in [1.54, 1.807) is 18.4 Å². The molecule has 5 aromatic rings. The van der Waals surface area contributed by atoms with E-state index >= 15 is 0 Å². The van der Waals surface area contributed by atoms with Crippen molar-refractivity contribution in [1.29, 1.82) is 0 Å². The molecule has 0 bridgehead atoms. The highest BCUT2D eigenvalue weighted by atomic mass is 32.2. The number of nitrogens with one attached hydrogen (secondary N) is 1. The zero-order valence-corrected chi connectivity index (χ0v) is 23.7. The number of benzene rings is 4. The van der Waals surface area contributed by atoms with Crippen LogP contribution in [0, 0.1) is 13.8 Å². The van der Waals surface area contributed by atoms with Crippen molar-refractivity contribution in [2.75, 3.05) is 6.26 Å². The van der Waals surface area contributed by atoms with Crippen molar-refractivity contribution in [3.05, 3.63) is 131 Å². The second-order valence-electron chi connectivity index (χ2n) is 10.0. The minimum absolute atomic E-state index is 0.303. The van der Waals surface area contributed by atoms with E-state index in [9.17, 15) is 14.1 Å². The van der Waals surface area contributed by atoms with E-state index in [4.69, 9.17) is 0 Å². The first-order valence-corrected chi connectivity index (χ1v) is 14.7. The molecule has 0 saturated carbocycles. The van der Waals surface area contributed by atoms with Gasteiger partial charge in [-0.05, 0) is 77.6 Å². The number of carboxylic acids is 1. The highest BCUT2D eigenvalue weighted by molar-refractivity contribution is 7.84. The van der Waals surface area contributed by atoms with Gasteiger partial charge in [0.15, 0.2) is 0 Å². The van der Waals surface area contributed by atoms with Crippen LogP contribution in [0.1, 0.15) is 38.3 Å². The molecular weight excluding hydrogens is 516 g/mol. The van der Waals surface area contributed by atoms with Gasteiger partial charge in [0, 0.05) is 57.3 Å². The van der Waals surface area contributed by atoms with Crippen molar-refractivity contribution >= 4 is 33.4 Å². The Labute approximate surface area is 237 Å². The molecule has 2 N–H and O–H groups in total. The van der Waals surface area contributed by atoms with Crippen LogP contribution < -0.4 is 5.32 Å². The van der Waals surface area contributed by atoms with Crippen LogP contribution in [0.15, 0.2) is 102 Å². The standard InChI is InChI=1S/C34H32N2O3S/c1-22-24(3)36(21-26-9-13-27(14-10-26)30-7-5-6-8-31(30)34(37)38)33-18-15-28(19-32(22)33)23(2)35-20-25-11-16-29(17-12-25)40(4)39/h5-19,35H,2,20-21H2,1,3-4H3,(H,37,38). The highest BCUT2D eigenvalue weighted by Crippen LogP contribution is 2.30. The summed E-state index contributed by atoms with van der Waals surface area (Å²) < 4.78 is 14.0. The summed E-state index contributed by atoms with van der Waals surface area (Å²) in [6, 6.07) is 29.4. The highest BCUT2D eigenvalue weighted by Gasteiger charge is 2.14. The van der Waals surface area contributed by atoms with Crippen LogP contribution in [-0.4, -0.2) is 26.1 Å². The fourth-order valence-corrected chi connectivity index (χ4v) is 5.56. The number of rotatable bonds is 9. The maximum atomic E-state index is 11.6. The lowest BCUT2D eigenvalue weighted by molar-refractivity contribution is 0.0697. The molecule has 0 aliphatic rings. The number of aryl methyl sites for hydroxylation is 1. The third-order valence-electron chi connectivity index (χ3n) is 7.51. The summed E-state index contributed by atoms with van der Waals surface area (Å²) in [6.45, 7) is 9.92. The van der Waals surface area contributed by atoms with E-state index in [0.29, 0.717) is 18.7 Å². The lowest BCUT2D eigenvalue weighted by Gasteiger charge is -2.12. The van der Waals surface area contributed by atoms with Crippen LogP contribution in [0.25, 0.3) is 27.7 Å². The minimum atomic E-state index is -0.980. The lowest BCUT2D eigenvalue weighted by Crippen LogP contribution is -2.11. The van der Waals surface area contributed by atoms with E-state index in [-0.39, 0.29) is 0 Å². The van der Waals surface area contributed by atoms with Gasteiger partial charge in [-0.1, -0.05) is 67.2 Å². The van der Waals surface area contributed by atoms with Crippen LogP contribution in [0.5, 0.6) is 0 Å². The van der Waals surface area contributed by atoms with Gasteiger partial charge in [-0.2, -0.15) is 0 Å². The Balaban J connectivity index is 1.34. The summed E-state index contributed by atoms with van der Waals surface area (Å²) >= 11 is 0. The largest absolute Gasteiger partial charge is 0.478 e. The van der Waals surface area contributed by atoms with Gasteiger partial charge in [-0.3, -0.25) is 4.21 Å². The SMILES string of the molecule is C=C(NCc1ccc(S(C)=O)cc1)c1ccc2c(c1)c(C)c(C)n2Cc1ccc(-c2ccccc2C(=O)O)cc1. The van der Waals surface area contributed by atoms with Gasteiger partial charge in [0.05, 0.1) is 5.56 Å². The predicted octanol–water partition coefficient (Wildman–Crippen LogP) is 7.17. The van der Waals surface area contributed by atoms with E-state index in [0.717, 1.165) is 43.9 Å². The van der Waals surface area contributed by atoms with Crippen molar-refractivity contribution in [3.8, 4) is 11.1 Å². The molecule has 0 spiro atoms. The van der Waals surface area contributed by atoms with Gasteiger partial charge in [0.25, 0.3) is 0 Å². The van der Waals surface area contributed by atoms with Crippen molar-refractivity contribution in [1.82, 2.24) is 9.88 Å². The average Bonchev–Trinajstić information content (AvgIpc) is 3.20. The number of carboxylic acid groups (broad SMARTS) is 1. The Kier molecular flexibility index (Phi) is 7.71. The first kappa shape index (κ1) is 27.2. The normalized spacial score (nSPS) is 11.9. The number of nitrogens with zero attached hydrogens (tertiary/aromatic N) is 1. The van der Waals surface area contributed by atoms with Crippen molar-refractivity contribution in [3.63, 3.8) is 0 Å². The molecule has 0 saturated heterocycles. The van der Waals surface area contributed by atoms with Gasteiger partial charge < -0.3 is 15.0 Å². The molecule has 1 unspecified atom stereocenters. The average molecular weight is 549 g/mol. The third kappa shape index (κ3) is 5.49. The molecule has 40 heavy (non-hydrogen) atoms. The molecule has 6 heteroatoms. The number of fused-ring (bicyclic) bond motifs is 1. The monoisotopic (exact) mass is 548 g/mol. The van der Waals surface area contributed by atoms with E-state index in [1.807, 2.05) is 48.5 Å². The predicted molar refractivity (Wildman–Crippen MR) is 164 cm³/mol. The quantitative estimate of drug-likeness (QED) is 0.205. The summed E-state index contributed by atoms with van der Waals surface area (Å²) in [5.74, 6) is -0.925. The molecule has 202 valence electrons. The van der Waals surface area contributed by atoms with E-state index < -0.39 is 16.8 Å². The summed E-state index contributed by atoms with van der Waals surface area (Å²) in [7, 11) is -0.980. The Morgan fingerprint density at radius 1 is 0.925 bits per heavy atom. The number of aromatic carboxylic acids is 1. The number of hydrogen-bond acceptors (Lipinski definition) is 3. The van der Waals surface area contributed by atoms with E-state index in [1.165, 1.54) is 16.6 Å². The van der Waals surface area contributed by atoms with Crippen LogP contribution in [0.2, 0.25) is 0 Å². The first-order chi connectivity index (χ1) is 19.2. The molecule has 0 aliphatic carbocycles. The van der Waals surface area contributed by atoms with E-state index in [2.05, 4.69) is 60.6 Å². The fraction of sp³-hybridized carbons (Fsp3) is 0.147. The van der Waals surface area contributed by atoms with Crippen LogP contribution in [0.4, 0.5) is 0 Å². The second kappa shape index (κ2) is 11.4. The van der Waals surface area contributed by atoms with Crippen LogP contribution in [0.3, 0.4) is 0 Å².